The van der Waals surface area contributed by atoms with Crippen molar-refractivity contribution >= 4 is 11.9 Å². The summed E-state index contributed by atoms with van der Waals surface area (Å²) >= 11 is 0. The maximum Gasteiger partial charge on any atom is 0.310 e. The molecule has 1 rings (SSSR count). The Labute approximate surface area is 142 Å². The van der Waals surface area contributed by atoms with Crippen molar-refractivity contribution in [2.24, 2.45) is 5.92 Å². The second-order valence-corrected chi connectivity index (χ2v) is 5.55. The molecule has 0 radical (unpaired) electrons. The van der Waals surface area contributed by atoms with Gasteiger partial charge in [0.25, 0.3) is 5.91 Å². The van der Waals surface area contributed by atoms with Crippen LogP contribution in [-0.2, 0) is 9.53 Å². The van der Waals surface area contributed by atoms with Gasteiger partial charge in [0.2, 0.25) is 0 Å². The van der Waals surface area contributed by atoms with Crippen molar-refractivity contribution in [2.45, 2.75) is 20.0 Å². The van der Waals surface area contributed by atoms with Crippen molar-refractivity contribution < 1.29 is 28.9 Å². The van der Waals surface area contributed by atoms with Crippen LogP contribution in [0.3, 0.4) is 0 Å². The van der Waals surface area contributed by atoms with Gasteiger partial charge in [0.1, 0.15) is 0 Å². The zero-order chi connectivity index (χ0) is 18.3. The Morgan fingerprint density at radius 3 is 2.21 bits per heavy atom. The van der Waals surface area contributed by atoms with Crippen LogP contribution in [0.2, 0.25) is 0 Å². The predicted molar refractivity (Wildman–Crippen MR) is 88.3 cm³/mol. The highest BCUT2D eigenvalue weighted by molar-refractivity contribution is 5.95. The molecule has 134 valence electrons. The molecule has 1 aromatic rings. The van der Waals surface area contributed by atoms with Gasteiger partial charge >= 0.3 is 5.97 Å². The molecule has 0 bridgehead atoms. The monoisotopic (exact) mass is 339 g/mol. The maximum atomic E-state index is 12.8. The van der Waals surface area contributed by atoms with Crippen molar-refractivity contribution in [1.82, 2.24) is 4.90 Å². The van der Waals surface area contributed by atoms with Crippen molar-refractivity contribution in [2.75, 3.05) is 34.4 Å². The number of hydrogen-bond donors (Lipinski definition) is 1. The number of nitrogens with zero attached hydrogens (tertiary/aromatic N) is 1. The lowest BCUT2D eigenvalue weighted by Crippen LogP contribution is -2.41. The summed E-state index contributed by atoms with van der Waals surface area (Å²) in [5.41, 5.74) is 0.380. The third-order valence-electron chi connectivity index (χ3n) is 3.50. The summed E-state index contributed by atoms with van der Waals surface area (Å²) in [6.07, 6.45) is -0.723. The van der Waals surface area contributed by atoms with E-state index in [4.69, 9.17) is 14.2 Å². The van der Waals surface area contributed by atoms with Gasteiger partial charge in [0.15, 0.2) is 11.5 Å². The van der Waals surface area contributed by atoms with Gasteiger partial charge in [-0.15, -0.1) is 0 Å². The van der Waals surface area contributed by atoms with Gasteiger partial charge in [-0.25, -0.2) is 0 Å². The van der Waals surface area contributed by atoms with Gasteiger partial charge < -0.3 is 24.2 Å². The zero-order valence-electron chi connectivity index (χ0n) is 14.7. The van der Waals surface area contributed by atoms with Gasteiger partial charge in [-0.3, -0.25) is 9.59 Å². The maximum absolute atomic E-state index is 12.8. The van der Waals surface area contributed by atoms with Crippen LogP contribution in [0.25, 0.3) is 0 Å². The van der Waals surface area contributed by atoms with E-state index in [1.54, 1.807) is 32.0 Å². The molecule has 0 spiro atoms. The molecule has 1 aromatic carbocycles. The minimum atomic E-state index is -0.723. The minimum Gasteiger partial charge on any atom is -0.493 e. The Balaban J connectivity index is 3.05. The van der Waals surface area contributed by atoms with Crippen LogP contribution in [0.4, 0.5) is 0 Å². The summed E-state index contributed by atoms with van der Waals surface area (Å²) in [4.78, 5) is 25.8. The smallest absolute Gasteiger partial charge is 0.310 e. The summed E-state index contributed by atoms with van der Waals surface area (Å²) in [6, 6.07) is 4.82. The van der Waals surface area contributed by atoms with E-state index in [0.29, 0.717) is 17.1 Å². The van der Waals surface area contributed by atoms with E-state index in [1.807, 2.05) is 0 Å². The molecule has 0 aromatic heterocycles. The van der Waals surface area contributed by atoms with Crippen LogP contribution in [-0.4, -0.2) is 62.4 Å². The molecular weight excluding hydrogens is 314 g/mol. The van der Waals surface area contributed by atoms with Crippen LogP contribution < -0.4 is 9.47 Å². The molecule has 2 atom stereocenters. The lowest BCUT2D eigenvalue weighted by molar-refractivity contribution is -0.145. The van der Waals surface area contributed by atoms with E-state index in [0.717, 1.165) is 0 Å². The molecule has 0 fully saturated rings. The van der Waals surface area contributed by atoms with Crippen LogP contribution in [0.5, 0.6) is 11.5 Å². The molecule has 1 amide bonds. The molecule has 2 unspecified atom stereocenters. The second-order valence-electron chi connectivity index (χ2n) is 5.55. The number of aliphatic hydroxyl groups excluding tert-OH is 1. The van der Waals surface area contributed by atoms with Crippen molar-refractivity contribution in [3.63, 3.8) is 0 Å². The Morgan fingerprint density at radius 2 is 1.71 bits per heavy atom. The van der Waals surface area contributed by atoms with Crippen molar-refractivity contribution in [1.29, 1.82) is 0 Å². The number of rotatable bonds is 8. The SMILES string of the molecule is COC(=O)C(C)CN(CC(C)O)C(=O)c1ccc(OC)c(OC)c1. The topological polar surface area (TPSA) is 85.3 Å². The Hall–Kier alpha value is -2.28. The number of hydrogen-bond acceptors (Lipinski definition) is 6. The molecule has 7 heteroatoms. The van der Waals surface area contributed by atoms with Crippen LogP contribution in [0.15, 0.2) is 18.2 Å². The van der Waals surface area contributed by atoms with Gasteiger partial charge in [-0.2, -0.15) is 0 Å². The lowest BCUT2D eigenvalue weighted by Gasteiger charge is -2.26. The zero-order valence-corrected chi connectivity index (χ0v) is 14.7. The van der Waals surface area contributed by atoms with Crippen LogP contribution in [0.1, 0.15) is 24.2 Å². The number of benzene rings is 1. The van der Waals surface area contributed by atoms with Gasteiger partial charge in [0.05, 0.1) is 33.4 Å². The minimum absolute atomic E-state index is 0.106. The number of carbonyl (C=O) groups excluding carboxylic acids is 2. The van der Waals surface area contributed by atoms with E-state index < -0.39 is 18.0 Å². The van der Waals surface area contributed by atoms with E-state index in [2.05, 4.69) is 0 Å². The quantitative estimate of drug-likeness (QED) is 0.719. The molecular formula is C17H25NO6. The van der Waals surface area contributed by atoms with E-state index in [1.165, 1.54) is 26.2 Å². The molecule has 24 heavy (non-hydrogen) atoms. The first-order valence-electron chi connectivity index (χ1n) is 7.61. The Morgan fingerprint density at radius 1 is 1.08 bits per heavy atom. The lowest BCUT2D eigenvalue weighted by atomic mass is 10.1. The number of esters is 1. The van der Waals surface area contributed by atoms with E-state index in [-0.39, 0.29) is 19.0 Å². The number of methoxy groups -OCH3 is 3. The number of amides is 1. The van der Waals surface area contributed by atoms with Gasteiger partial charge in [-0.1, -0.05) is 6.92 Å². The average molecular weight is 339 g/mol. The summed E-state index contributed by atoms with van der Waals surface area (Å²) in [5, 5.41) is 9.66. The molecule has 1 N–H and O–H groups in total. The highest BCUT2D eigenvalue weighted by atomic mass is 16.5. The normalized spacial score (nSPS) is 12.9. The summed E-state index contributed by atoms with van der Waals surface area (Å²) in [6.45, 7) is 3.50. The second kappa shape index (κ2) is 9.12. The number of ether oxygens (including phenoxy) is 3. The van der Waals surface area contributed by atoms with Crippen LogP contribution >= 0.6 is 0 Å². The highest BCUT2D eigenvalue weighted by Crippen LogP contribution is 2.28. The molecule has 0 heterocycles. The fourth-order valence-electron chi connectivity index (χ4n) is 2.32. The first kappa shape index (κ1) is 19.8. The predicted octanol–water partition coefficient (Wildman–Crippen LogP) is 1.34. The largest absolute Gasteiger partial charge is 0.493 e. The molecule has 7 nitrogen and oxygen atoms in total. The summed E-state index contributed by atoms with van der Waals surface area (Å²) < 4.78 is 15.1. The Kier molecular flexibility index (Phi) is 7.51. The first-order chi connectivity index (χ1) is 11.3. The average Bonchev–Trinajstić information content (AvgIpc) is 2.58. The summed E-state index contributed by atoms with van der Waals surface area (Å²) in [7, 11) is 4.30. The molecule has 0 aliphatic rings. The summed E-state index contributed by atoms with van der Waals surface area (Å²) in [5.74, 6) is -0.281. The van der Waals surface area contributed by atoms with Gasteiger partial charge in [-0.05, 0) is 25.1 Å². The van der Waals surface area contributed by atoms with Crippen LogP contribution in [0, 0.1) is 5.92 Å². The molecule has 0 aliphatic carbocycles. The standard InChI is InChI=1S/C17H25NO6/c1-11(17(21)24-5)9-18(10-12(2)19)16(20)13-6-7-14(22-3)15(8-13)23-4/h6-8,11-12,19H,9-10H2,1-5H3. The van der Waals surface area contributed by atoms with E-state index >= 15 is 0 Å². The van der Waals surface area contributed by atoms with Gasteiger partial charge in [0, 0.05) is 18.7 Å². The number of carbonyl (C=O) groups is 2. The fourth-order valence-corrected chi connectivity index (χ4v) is 2.32. The van der Waals surface area contributed by atoms with Crippen molar-refractivity contribution in [3.8, 4) is 11.5 Å². The number of aliphatic hydroxyl groups is 1. The molecule has 0 saturated carbocycles. The molecule has 0 saturated heterocycles. The highest BCUT2D eigenvalue weighted by Gasteiger charge is 2.24. The van der Waals surface area contributed by atoms with E-state index in [9.17, 15) is 14.7 Å². The molecule has 0 aliphatic heterocycles. The third kappa shape index (κ3) is 5.13. The Bertz CT molecular complexity index is 572. The first-order valence-corrected chi connectivity index (χ1v) is 7.61. The van der Waals surface area contributed by atoms with Crippen molar-refractivity contribution in [3.05, 3.63) is 23.8 Å². The fraction of sp³-hybridized carbons (Fsp3) is 0.529. The third-order valence-corrected chi connectivity index (χ3v) is 3.50.